The highest BCUT2D eigenvalue weighted by atomic mass is 16.5. The van der Waals surface area contributed by atoms with Crippen LogP contribution in [0.1, 0.15) is 221 Å². The minimum Gasteiger partial charge on any atom is -0.394 e. The zero-order valence-corrected chi connectivity index (χ0v) is 38.0. The Bertz CT molecular complexity index is 1030. The SMILES string of the molecule is CCCCCCCCCCCCCCCCCC(=O)N(CCCCCCCCCCCCCC)[C@@H]1O[C@H](CO)[C@@H](O)[C@H](O)[C@H]1NC(=O)[C@H](C)NC(=O)[C@@H](N)CC(C)C. The van der Waals surface area contributed by atoms with E-state index in [-0.39, 0.29) is 11.8 Å². The van der Waals surface area contributed by atoms with Gasteiger partial charge in [0.05, 0.1) is 12.6 Å². The van der Waals surface area contributed by atoms with Crippen LogP contribution in [0.25, 0.3) is 0 Å². The maximum atomic E-state index is 14.0. The Labute approximate surface area is 355 Å². The van der Waals surface area contributed by atoms with E-state index in [9.17, 15) is 29.7 Å². The molecule has 1 rings (SSSR count). The molecule has 342 valence electrons. The molecule has 0 saturated carbocycles. The van der Waals surface area contributed by atoms with E-state index < -0.39 is 61.1 Å². The van der Waals surface area contributed by atoms with Crippen LogP contribution in [0.15, 0.2) is 0 Å². The number of aliphatic hydroxyl groups excluding tert-OH is 3. The summed E-state index contributed by atoms with van der Waals surface area (Å²) < 4.78 is 6.17. The van der Waals surface area contributed by atoms with Crippen LogP contribution in [0.4, 0.5) is 0 Å². The number of carbonyl (C=O) groups excluding carboxylic acids is 3. The van der Waals surface area contributed by atoms with Crippen LogP contribution in [0.2, 0.25) is 0 Å². The third-order valence-corrected chi connectivity index (χ3v) is 11.9. The van der Waals surface area contributed by atoms with Crippen LogP contribution in [0.3, 0.4) is 0 Å². The highest BCUT2D eigenvalue weighted by Gasteiger charge is 2.48. The Balaban J connectivity index is 2.83. The smallest absolute Gasteiger partial charge is 0.242 e. The minimum atomic E-state index is -1.52. The van der Waals surface area contributed by atoms with E-state index >= 15 is 0 Å². The van der Waals surface area contributed by atoms with Crippen molar-refractivity contribution in [3.63, 3.8) is 0 Å². The topological polar surface area (TPSA) is 174 Å². The van der Waals surface area contributed by atoms with Crippen LogP contribution in [0, 0.1) is 5.92 Å². The minimum absolute atomic E-state index is 0.136. The summed E-state index contributed by atoms with van der Waals surface area (Å²) in [6.07, 6.45) is 28.1. The van der Waals surface area contributed by atoms with Crippen molar-refractivity contribution in [1.82, 2.24) is 15.5 Å². The van der Waals surface area contributed by atoms with Crippen LogP contribution >= 0.6 is 0 Å². The molecule has 0 aromatic heterocycles. The number of carbonyl (C=O) groups is 3. The first-order chi connectivity index (χ1) is 28.0. The van der Waals surface area contributed by atoms with Crippen molar-refractivity contribution in [3.8, 4) is 0 Å². The van der Waals surface area contributed by atoms with Crippen LogP contribution < -0.4 is 16.4 Å². The van der Waals surface area contributed by atoms with Crippen molar-refractivity contribution in [2.24, 2.45) is 11.7 Å². The Morgan fingerprint density at radius 3 is 1.45 bits per heavy atom. The third kappa shape index (κ3) is 24.5. The summed E-state index contributed by atoms with van der Waals surface area (Å²) in [5.74, 6) is -0.994. The van der Waals surface area contributed by atoms with Gasteiger partial charge in [-0.05, 0) is 32.1 Å². The molecule has 7 N–H and O–H groups in total. The van der Waals surface area contributed by atoms with Gasteiger partial charge in [0.15, 0.2) is 6.23 Å². The van der Waals surface area contributed by atoms with Crippen molar-refractivity contribution >= 4 is 17.7 Å². The van der Waals surface area contributed by atoms with Gasteiger partial charge < -0.3 is 41.3 Å². The van der Waals surface area contributed by atoms with Crippen LogP contribution in [0.5, 0.6) is 0 Å². The summed E-state index contributed by atoms with van der Waals surface area (Å²) >= 11 is 0. The van der Waals surface area contributed by atoms with Gasteiger partial charge in [-0.25, -0.2) is 0 Å². The number of amides is 3. The normalized spacial score (nSPS) is 20.6. The van der Waals surface area contributed by atoms with Crippen molar-refractivity contribution in [2.75, 3.05) is 13.2 Å². The molecule has 11 heteroatoms. The molecule has 11 nitrogen and oxygen atoms in total. The number of hydrogen-bond donors (Lipinski definition) is 6. The molecule has 0 aromatic carbocycles. The number of nitrogens with two attached hydrogens (primary N) is 1. The number of nitrogens with zero attached hydrogens (tertiary/aromatic N) is 1. The highest BCUT2D eigenvalue weighted by Crippen LogP contribution is 2.26. The predicted molar refractivity (Wildman–Crippen MR) is 237 cm³/mol. The Morgan fingerprint density at radius 1 is 0.621 bits per heavy atom. The van der Waals surface area contributed by atoms with E-state index in [1.165, 1.54) is 129 Å². The quantitative estimate of drug-likeness (QED) is 0.0338. The summed E-state index contributed by atoms with van der Waals surface area (Å²) in [7, 11) is 0. The third-order valence-electron chi connectivity index (χ3n) is 11.9. The first-order valence-corrected chi connectivity index (χ1v) is 24.3. The van der Waals surface area contributed by atoms with Gasteiger partial charge >= 0.3 is 0 Å². The summed E-state index contributed by atoms with van der Waals surface area (Å²) in [5, 5.41) is 37.7. The number of hydrogen-bond acceptors (Lipinski definition) is 8. The van der Waals surface area contributed by atoms with E-state index in [0.29, 0.717) is 19.4 Å². The number of nitrogens with one attached hydrogen (secondary N) is 2. The predicted octanol–water partition coefficient (Wildman–Crippen LogP) is 8.58. The fourth-order valence-electron chi connectivity index (χ4n) is 8.12. The summed E-state index contributed by atoms with van der Waals surface area (Å²) in [4.78, 5) is 41.8. The fourth-order valence-corrected chi connectivity index (χ4v) is 8.12. The lowest BCUT2D eigenvalue weighted by atomic mass is 9.94. The van der Waals surface area contributed by atoms with Crippen molar-refractivity contribution < 1.29 is 34.4 Å². The van der Waals surface area contributed by atoms with Crippen molar-refractivity contribution in [1.29, 1.82) is 0 Å². The lowest BCUT2D eigenvalue weighted by molar-refractivity contribution is -0.231. The average Bonchev–Trinajstić information content (AvgIpc) is 3.19. The van der Waals surface area contributed by atoms with Crippen molar-refractivity contribution in [2.45, 2.75) is 263 Å². The second-order valence-electron chi connectivity index (χ2n) is 17.9. The largest absolute Gasteiger partial charge is 0.394 e. The van der Waals surface area contributed by atoms with Gasteiger partial charge in [0.2, 0.25) is 17.7 Å². The van der Waals surface area contributed by atoms with Gasteiger partial charge in [0, 0.05) is 13.0 Å². The second kappa shape index (κ2) is 34.9. The van der Waals surface area contributed by atoms with E-state index in [1.54, 1.807) is 4.90 Å². The van der Waals surface area contributed by atoms with E-state index in [4.69, 9.17) is 10.5 Å². The van der Waals surface area contributed by atoms with Gasteiger partial charge in [-0.1, -0.05) is 188 Å². The fraction of sp³-hybridized carbons (Fsp3) is 0.936. The zero-order valence-electron chi connectivity index (χ0n) is 38.0. The molecule has 1 saturated heterocycles. The Kier molecular flexibility index (Phi) is 32.6. The Morgan fingerprint density at radius 2 is 1.03 bits per heavy atom. The molecule has 0 aromatic rings. The molecule has 0 spiro atoms. The number of unbranched alkanes of at least 4 members (excludes halogenated alkanes) is 25. The molecule has 58 heavy (non-hydrogen) atoms. The molecule has 0 aliphatic carbocycles. The average molecular weight is 825 g/mol. The van der Waals surface area contributed by atoms with Gasteiger partial charge in [0.1, 0.15) is 30.4 Å². The number of ether oxygens (including phenoxy) is 1. The molecule has 3 amide bonds. The van der Waals surface area contributed by atoms with Crippen LogP contribution in [-0.2, 0) is 19.1 Å². The van der Waals surface area contributed by atoms with Crippen molar-refractivity contribution in [3.05, 3.63) is 0 Å². The summed E-state index contributed by atoms with van der Waals surface area (Å²) in [6, 6.07) is -2.95. The standard InChI is InChI=1S/C47H92N4O7/c1-6-8-10-12-14-16-18-20-21-22-23-25-27-29-31-33-41(53)51(34-32-30-28-26-24-19-17-15-13-11-9-7-2)47-42(44(55)43(54)40(36-52)58-47)50-45(56)38(5)49-46(57)39(48)35-37(3)4/h37-40,42-44,47,52,54-55H,6-36,48H2,1-5H3,(H,49,57)(H,50,56)/t38-,39-,40+,42+,43+,44+,47+/m0/s1. The summed E-state index contributed by atoms with van der Waals surface area (Å²) in [6.45, 7) is 9.75. The van der Waals surface area contributed by atoms with Gasteiger partial charge in [-0.3, -0.25) is 14.4 Å². The molecule has 1 fully saturated rings. The molecule has 7 atom stereocenters. The van der Waals surface area contributed by atoms with Gasteiger partial charge in [0.25, 0.3) is 0 Å². The van der Waals surface area contributed by atoms with E-state index in [0.717, 1.165) is 51.4 Å². The molecule has 1 aliphatic heterocycles. The zero-order chi connectivity index (χ0) is 43.0. The van der Waals surface area contributed by atoms with E-state index in [1.807, 2.05) is 13.8 Å². The number of aliphatic hydroxyl groups is 3. The molecular weight excluding hydrogens is 733 g/mol. The maximum Gasteiger partial charge on any atom is 0.242 e. The monoisotopic (exact) mass is 825 g/mol. The van der Waals surface area contributed by atoms with Gasteiger partial charge in [-0.2, -0.15) is 0 Å². The first-order valence-electron chi connectivity index (χ1n) is 24.3. The molecule has 0 unspecified atom stereocenters. The Hall–Kier alpha value is -1.79. The molecule has 1 heterocycles. The summed E-state index contributed by atoms with van der Waals surface area (Å²) in [5.41, 5.74) is 6.05. The number of rotatable bonds is 37. The van der Waals surface area contributed by atoms with E-state index in [2.05, 4.69) is 24.5 Å². The lowest BCUT2D eigenvalue weighted by Gasteiger charge is -2.47. The first kappa shape index (κ1) is 54.2. The lowest BCUT2D eigenvalue weighted by Crippen LogP contribution is -2.70. The second-order valence-corrected chi connectivity index (χ2v) is 17.9. The van der Waals surface area contributed by atoms with Crippen LogP contribution in [-0.4, -0.2) is 93.8 Å². The molecule has 0 bridgehead atoms. The highest BCUT2D eigenvalue weighted by molar-refractivity contribution is 5.89. The maximum absolute atomic E-state index is 14.0. The van der Waals surface area contributed by atoms with Gasteiger partial charge in [-0.15, -0.1) is 0 Å². The molecular formula is C47H92N4O7. The molecule has 1 aliphatic rings. The molecule has 0 radical (unpaired) electrons.